The largest absolute Gasteiger partial charge is 0.493 e. The van der Waals surface area contributed by atoms with Gasteiger partial charge >= 0.3 is 6.01 Å². The molecule has 4 heterocycles. The monoisotopic (exact) mass is 543 g/mol. The van der Waals surface area contributed by atoms with Gasteiger partial charge in [-0.25, -0.2) is 9.97 Å². The van der Waals surface area contributed by atoms with Gasteiger partial charge in [-0.15, -0.1) is 0 Å². The molecule has 0 N–H and O–H groups in total. The molecule has 38 heavy (non-hydrogen) atoms. The second kappa shape index (κ2) is 12.2. The molecule has 2 aromatic heterocycles. The fourth-order valence-electron chi connectivity index (χ4n) is 4.36. The average Bonchev–Trinajstić information content (AvgIpc) is 3.44. The molecule has 0 radical (unpaired) electrons. The van der Waals surface area contributed by atoms with Crippen molar-refractivity contribution in [1.82, 2.24) is 20.1 Å². The van der Waals surface area contributed by atoms with Crippen LogP contribution in [0, 0.1) is 12.8 Å². The fourth-order valence-corrected chi connectivity index (χ4v) is 4.93. The maximum absolute atomic E-state index is 6.27. The number of benzene rings is 1. The van der Waals surface area contributed by atoms with E-state index < -0.39 is 0 Å². The molecule has 2 fully saturated rings. The molecule has 2 aliphatic heterocycles. The lowest BCUT2D eigenvalue weighted by atomic mass is 10.0. The summed E-state index contributed by atoms with van der Waals surface area (Å²) in [6.07, 6.45) is 3.92. The molecular formula is C26H33N5O6S. The molecule has 0 atom stereocenters. The van der Waals surface area contributed by atoms with Crippen molar-refractivity contribution in [3.05, 3.63) is 41.5 Å². The van der Waals surface area contributed by atoms with E-state index in [9.17, 15) is 0 Å². The molecule has 1 aromatic carbocycles. The van der Waals surface area contributed by atoms with E-state index in [2.05, 4.69) is 25.0 Å². The van der Waals surface area contributed by atoms with Gasteiger partial charge in [-0.05, 0) is 31.0 Å². The number of piperidine rings is 1. The molecule has 0 aliphatic carbocycles. The highest BCUT2D eigenvalue weighted by Crippen LogP contribution is 2.36. The highest BCUT2D eigenvalue weighted by atomic mass is 32.2. The number of hydrogen-bond donors (Lipinski definition) is 0. The molecule has 204 valence electrons. The predicted octanol–water partition coefficient (Wildman–Crippen LogP) is 4.91. The zero-order valence-electron chi connectivity index (χ0n) is 22.1. The van der Waals surface area contributed by atoms with Crippen molar-refractivity contribution in [2.75, 3.05) is 38.3 Å². The molecule has 12 heteroatoms. The van der Waals surface area contributed by atoms with Crippen LogP contribution >= 0.6 is 12.3 Å². The highest BCUT2D eigenvalue weighted by Gasteiger charge is 2.26. The SMILES string of the molecule is COc1cc(CC2COSOC2)ccc1Oc1ncnc(OC2CCN(c3nc(C(C)C)no3)CC2)c1C. The Morgan fingerprint density at radius 1 is 1.08 bits per heavy atom. The summed E-state index contributed by atoms with van der Waals surface area (Å²) in [4.78, 5) is 15.3. The standard InChI is InChI=1S/C26H33N5O6S/c1-16(2)23-29-26(37-30-23)31-9-7-20(8-10-31)35-24-17(3)25(28-15-27-24)36-21-6-5-18(12-22(21)32-4)11-19-13-33-38-34-14-19/h5-6,12,15-16,19-20H,7-11,13-14H2,1-4H3. The first kappa shape index (κ1) is 26.5. The topological polar surface area (TPSA) is 114 Å². The number of anilines is 1. The highest BCUT2D eigenvalue weighted by molar-refractivity contribution is 7.89. The van der Waals surface area contributed by atoms with Gasteiger partial charge in [0.05, 0.1) is 25.9 Å². The summed E-state index contributed by atoms with van der Waals surface area (Å²) in [7, 11) is 1.63. The van der Waals surface area contributed by atoms with Gasteiger partial charge in [0, 0.05) is 37.8 Å². The van der Waals surface area contributed by atoms with Gasteiger partial charge in [0.15, 0.2) is 29.6 Å². The van der Waals surface area contributed by atoms with Crippen LogP contribution in [0.5, 0.6) is 23.3 Å². The smallest absolute Gasteiger partial charge is 0.324 e. The number of aromatic nitrogens is 4. The Morgan fingerprint density at radius 3 is 2.55 bits per heavy atom. The van der Waals surface area contributed by atoms with E-state index in [4.69, 9.17) is 27.1 Å². The normalized spacial score (nSPS) is 17.1. The minimum atomic E-state index is 0.0140. The molecular weight excluding hydrogens is 510 g/mol. The Kier molecular flexibility index (Phi) is 8.50. The van der Waals surface area contributed by atoms with Gasteiger partial charge < -0.3 is 23.6 Å². The minimum Gasteiger partial charge on any atom is -0.493 e. The molecule has 2 saturated heterocycles. The van der Waals surface area contributed by atoms with Crippen molar-refractivity contribution >= 4 is 18.3 Å². The van der Waals surface area contributed by atoms with Gasteiger partial charge in [-0.1, -0.05) is 25.1 Å². The van der Waals surface area contributed by atoms with E-state index in [1.54, 1.807) is 7.11 Å². The minimum absolute atomic E-state index is 0.0140. The molecule has 0 saturated carbocycles. The first-order valence-corrected chi connectivity index (χ1v) is 13.5. The first-order chi connectivity index (χ1) is 18.5. The van der Waals surface area contributed by atoms with E-state index in [0.717, 1.165) is 61.6 Å². The summed E-state index contributed by atoms with van der Waals surface area (Å²) >= 11 is 1.06. The van der Waals surface area contributed by atoms with E-state index >= 15 is 0 Å². The zero-order chi connectivity index (χ0) is 26.5. The quantitative estimate of drug-likeness (QED) is 0.342. The van der Waals surface area contributed by atoms with Gasteiger partial charge in [-0.3, -0.25) is 8.37 Å². The van der Waals surface area contributed by atoms with Gasteiger partial charge in [0.25, 0.3) is 0 Å². The van der Waals surface area contributed by atoms with Crippen molar-refractivity contribution < 1.29 is 27.1 Å². The summed E-state index contributed by atoms with van der Waals surface area (Å²) in [5, 5.41) is 4.07. The summed E-state index contributed by atoms with van der Waals surface area (Å²) in [5.74, 6) is 3.40. The maximum atomic E-state index is 6.27. The Morgan fingerprint density at radius 2 is 1.84 bits per heavy atom. The third-order valence-electron chi connectivity index (χ3n) is 6.59. The Hall–Kier alpha value is -3.09. The summed E-state index contributed by atoms with van der Waals surface area (Å²) < 4.78 is 34.1. The Bertz CT molecular complexity index is 1210. The van der Waals surface area contributed by atoms with Crippen LogP contribution in [0.25, 0.3) is 0 Å². The van der Waals surface area contributed by atoms with E-state index in [1.807, 2.05) is 39.0 Å². The number of nitrogens with zero attached hydrogens (tertiary/aromatic N) is 5. The number of ether oxygens (including phenoxy) is 3. The van der Waals surface area contributed by atoms with Crippen LogP contribution in [0.4, 0.5) is 6.01 Å². The first-order valence-electron chi connectivity index (χ1n) is 12.8. The van der Waals surface area contributed by atoms with Crippen LogP contribution in [-0.2, 0) is 14.8 Å². The second-order valence-corrected chi connectivity index (χ2v) is 10.4. The molecule has 2 aliphatic rings. The number of hydrogen-bond acceptors (Lipinski definition) is 12. The van der Waals surface area contributed by atoms with Crippen LogP contribution in [-0.4, -0.2) is 59.6 Å². The Balaban J connectivity index is 1.20. The number of methoxy groups -OCH3 is 1. The third-order valence-corrected chi connectivity index (χ3v) is 7.06. The van der Waals surface area contributed by atoms with Crippen molar-refractivity contribution in [2.45, 2.75) is 52.1 Å². The van der Waals surface area contributed by atoms with Gasteiger partial charge in [0.1, 0.15) is 12.4 Å². The molecule has 0 spiro atoms. The number of rotatable bonds is 9. The summed E-state index contributed by atoms with van der Waals surface area (Å²) in [6.45, 7) is 8.83. The van der Waals surface area contributed by atoms with Crippen LogP contribution in [0.15, 0.2) is 29.0 Å². The summed E-state index contributed by atoms with van der Waals surface area (Å²) in [5.41, 5.74) is 1.85. The van der Waals surface area contributed by atoms with Crippen LogP contribution in [0.2, 0.25) is 0 Å². The molecule has 0 unspecified atom stereocenters. The lowest BCUT2D eigenvalue weighted by Gasteiger charge is -2.30. The van der Waals surface area contributed by atoms with Gasteiger partial charge in [0.2, 0.25) is 11.8 Å². The molecule has 11 nitrogen and oxygen atoms in total. The third kappa shape index (κ3) is 6.30. The van der Waals surface area contributed by atoms with E-state index in [0.29, 0.717) is 48.4 Å². The van der Waals surface area contributed by atoms with Crippen molar-refractivity contribution in [3.8, 4) is 23.3 Å². The van der Waals surface area contributed by atoms with Crippen LogP contribution < -0.4 is 19.1 Å². The van der Waals surface area contributed by atoms with Crippen molar-refractivity contribution in [1.29, 1.82) is 0 Å². The lowest BCUT2D eigenvalue weighted by molar-refractivity contribution is 0.146. The average molecular weight is 544 g/mol. The second-order valence-electron chi connectivity index (χ2n) is 9.80. The summed E-state index contributed by atoms with van der Waals surface area (Å²) in [6, 6.07) is 6.47. The molecule has 5 rings (SSSR count). The van der Waals surface area contributed by atoms with E-state index in [1.165, 1.54) is 6.33 Å². The molecule has 0 bridgehead atoms. The zero-order valence-corrected chi connectivity index (χ0v) is 22.9. The molecule has 0 amide bonds. The van der Waals surface area contributed by atoms with Crippen molar-refractivity contribution in [3.63, 3.8) is 0 Å². The predicted molar refractivity (Wildman–Crippen MR) is 141 cm³/mol. The van der Waals surface area contributed by atoms with Crippen LogP contribution in [0.3, 0.4) is 0 Å². The van der Waals surface area contributed by atoms with Crippen molar-refractivity contribution in [2.24, 2.45) is 5.92 Å². The van der Waals surface area contributed by atoms with Gasteiger partial charge in [-0.2, -0.15) is 4.98 Å². The lowest BCUT2D eigenvalue weighted by Crippen LogP contribution is -2.38. The Labute approximate surface area is 226 Å². The molecule has 3 aromatic rings. The maximum Gasteiger partial charge on any atom is 0.324 e. The van der Waals surface area contributed by atoms with Crippen LogP contribution in [0.1, 0.15) is 49.6 Å². The van der Waals surface area contributed by atoms with E-state index in [-0.39, 0.29) is 12.0 Å². The fraction of sp³-hybridized carbons (Fsp3) is 0.538.